The highest BCUT2D eigenvalue weighted by Crippen LogP contribution is 2.22. The predicted molar refractivity (Wildman–Crippen MR) is 76.0 cm³/mol. The molecule has 0 aliphatic heterocycles. The Hall–Kier alpha value is -2.88. The highest BCUT2D eigenvalue weighted by Gasteiger charge is 2.15. The van der Waals surface area contributed by atoms with Gasteiger partial charge in [-0.15, -0.1) is 0 Å². The highest BCUT2D eigenvalue weighted by atomic mass is 16.4. The lowest BCUT2D eigenvalue weighted by Crippen LogP contribution is -1.95. The van der Waals surface area contributed by atoms with Crippen LogP contribution >= 0.6 is 0 Å². The van der Waals surface area contributed by atoms with E-state index in [1.807, 2.05) is 60.7 Å². The molecule has 4 nitrogen and oxygen atoms in total. The third-order valence-corrected chi connectivity index (χ3v) is 2.99. The molecule has 0 saturated heterocycles. The number of carboxylic acids is 1. The molecule has 20 heavy (non-hydrogen) atoms. The summed E-state index contributed by atoms with van der Waals surface area (Å²) in [6.45, 7) is 0. The van der Waals surface area contributed by atoms with E-state index in [0.717, 1.165) is 11.3 Å². The average Bonchev–Trinajstić information content (AvgIpc) is 2.94. The van der Waals surface area contributed by atoms with Crippen molar-refractivity contribution in [3.05, 3.63) is 72.6 Å². The molecule has 0 unspecified atom stereocenters. The molecular formula is C16H12N2O2. The first kappa shape index (κ1) is 12.2. The predicted octanol–water partition coefficient (Wildman–Crippen LogP) is 3.24. The number of rotatable bonds is 3. The fraction of sp³-hybridized carbons (Fsp3) is 0. The first-order valence-electron chi connectivity index (χ1n) is 6.19. The molecular weight excluding hydrogens is 252 g/mol. The van der Waals surface area contributed by atoms with Crippen molar-refractivity contribution in [3.63, 3.8) is 0 Å². The maximum Gasteiger partial charge on any atom is 0.356 e. The number of aromatic carboxylic acids is 1. The summed E-state index contributed by atoms with van der Waals surface area (Å²) >= 11 is 0. The van der Waals surface area contributed by atoms with E-state index < -0.39 is 5.97 Å². The summed E-state index contributed by atoms with van der Waals surface area (Å²) in [6.07, 6.45) is 1.54. The van der Waals surface area contributed by atoms with Crippen molar-refractivity contribution in [2.45, 2.75) is 0 Å². The summed E-state index contributed by atoms with van der Waals surface area (Å²) in [7, 11) is 0. The molecule has 2 aromatic carbocycles. The van der Waals surface area contributed by atoms with Crippen LogP contribution < -0.4 is 0 Å². The van der Waals surface area contributed by atoms with Crippen molar-refractivity contribution < 1.29 is 9.90 Å². The molecule has 3 aromatic rings. The first-order valence-corrected chi connectivity index (χ1v) is 6.19. The van der Waals surface area contributed by atoms with Crippen LogP contribution in [0.15, 0.2) is 66.9 Å². The molecule has 0 spiro atoms. The minimum atomic E-state index is -1.03. The third kappa shape index (κ3) is 2.19. The van der Waals surface area contributed by atoms with Crippen molar-refractivity contribution in [1.29, 1.82) is 0 Å². The summed E-state index contributed by atoms with van der Waals surface area (Å²) in [5.41, 5.74) is 1.79. The van der Waals surface area contributed by atoms with Crippen molar-refractivity contribution in [2.75, 3.05) is 0 Å². The number of benzene rings is 2. The van der Waals surface area contributed by atoms with Crippen LogP contribution in [0, 0.1) is 0 Å². The topological polar surface area (TPSA) is 55.1 Å². The molecule has 4 heteroatoms. The number of nitrogens with zero attached hydrogens (tertiary/aromatic N) is 2. The number of carboxylic acid groups (broad SMARTS) is 1. The summed E-state index contributed by atoms with van der Waals surface area (Å²) in [5, 5.41) is 9.14. The SMILES string of the molecule is O=C(O)c1cn(-c2ccccc2)c(-c2ccccc2)n1. The van der Waals surface area contributed by atoms with E-state index in [9.17, 15) is 4.79 Å². The molecule has 0 aliphatic carbocycles. The number of para-hydroxylation sites is 1. The number of hydrogen-bond donors (Lipinski definition) is 1. The van der Waals surface area contributed by atoms with Crippen molar-refractivity contribution in [3.8, 4) is 17.1 Å². The van der Waals surface area contributed by atoms with E-state index in [2.05, 4.69) is 4.98 Å². The molecule has 0 radical (unpaired) electrons. The van der Waals surface area contributed by atoms with Crippen LogP contribution in [0.1, 0.15) is 10.5 Å². The standard InChI is InChI=1S/C16H12N2O2/c19-16(20)14-11-18(13-9-5-2-6-10-13)15(17-14)12-7-3-1-4-8-12/h1-11H,(H,19,20). The maximum atomic E-state index is 11.2. The van der Waals surface area contributed by atoms with Gasteiger partial charge < -0.3 is 5.11 Å². The Labute approximate surface area is 116 Å². The van der Waals surface area contributed by atoms with Crippen LogP contribution in [0.5, 0.6) is 0 Å². The van der Waals surface area contributed by atoms with Gasteiger partial charge in [0.1, 0.15) is 5.82 Å². The summed E-state index contributed by atoms with van der Waals surface area (Å²) in [5.74, 6) is -0.411. The van der Waals surface area contributed by atoms with E-state index in [1.54, 1.807) is 10.8 Å². The quantitative estimate of drug-likeness (QED) is 0.790. The van der Waals surface area contributed by atoms with E-state index in [1.165, 1.54) is 0 Å². The lowest BCUT2D eigenvalue weighted by Gasteiger charge is -2.07. The number of hydrogen-bond acceptors (Lipinski definition) is 2. The average molecular weight is 264 g/mol. The Morgan fingerprint density at radius 2 is 1.55 bits per heavy atom. The van der Waals surface area contributed by atoms with E-state index >= 15 is 0 Å². The lowest BCUT2D eigenvalue weighted by atomic mass is 10.2. The Morgan fingerprint density at radius 1 is 0.950 bits per heavy atom. The molecule has 0 atom stereocenters. The van der Waals surface area contributed by atoms with Crippen molar-refractivity contribution in [2.24, 2.45) is 0 Å². The molecule has 1 aromatic heterocycles. The maximum absolute atomic E-state index is 11.2. The van der Waals surface area contributed by atoms with Crippen molar-refractivity contribution >= 4 is 5.97 Å². The summed E-state index contributed by atoms with van der Waals surface area (Å²) < 4.78 is 1.79. The van der Waals surface area contributed by atoms with Gasteiger partial charge in [0, 0.05) is 17.4 Å². The largest absolute Gasteiger partial charge is 0.476 e. The van der Waals surface area contributed by atoms with Gasteiger partial charge in [-0.1, -0.05) is 48.5 Å². The smallest absolute Gasteiger partial charge is 0.356 e. The minimum Gasteiger partial charge on any atom is -0.476 e. The molecule has 1 heterocycles. The zero-order valence-electron chi connectivity index (χ0n) is 10.6. The van der Waals surface area contributed by atoms with Gasteiger partial charge in [-0.2, -0.15) is 0 Å². The van der Waals surface area contributed by atoms with Crippen LogP contribution in [0.2, 0.25) is 0 Å². The van der Waals surface area contributed by atoms with E-state index in [-0.39, 0.29) is 5.69 Å². The Bertz CT molecular complexity index is 677. The third-order valence-electron chi connectivity index (χ3n) is 2.99. The molecule has 3 rings (SSSR count). The van der Waals surface area contributed by atoms with Gasteiger partial charge in [-0.3, -0.25) is 4.57 Å². The van der Waals surface area contributed by atoms with Gasteiger partial charge >= 0.3 is 5.97 Å². The van der Waals surface area contributed by atoms with Crippen LogP contribution in [0.4, 0.5) is 0 Å². The van der Waals surface area contributed by atoms with Gasteiger partial charge in [0.15, 0.2) is 5.69 Å². The van der Waals surface area contributed by atoms with Gasteiger partial charge in [0.25, 0.3) is 0 Å². The first-order chi connectivity index (χ1) is 9.75. The van der Waals surface area contributed by atoms with Gasteiger partial charge in [0.05, 0.1) is 0 Å². The molecule has 0 aliphatic rings. The fourth-order valence-corrected chi connectivity index (χ4v) is 2.06. The molecule has 1 N–H and O–H groups in total. The van der Waals surface area contributed by atoms with E-state index in [4.69, 9.17) is 5.11 Å². The summed E-state index contributed by atoms with van der Waals surface area (Å²) in [4.78, 5) is 15.4. The highest BCUT2D eigenvalue weighted by molar-refractivity contribution is 5.86. The zero-order chi connectivity index (χ0) is 13.9. The van der Waals surface area contributed by atoms with E-state index in [0.29, 0.717) is 5.82 Å². The van der Waals surface area contributed by atoms with Crippen LogP contribution in [0.25, 0.3) is 17.1 Å². The Morgan fingerprint density at radius 3 is 2.15 bits per heavy atom. The van der Waals surface area contributed by atoms with Crippen LogP contribution in [0.3, 0.4) is 0 Å². The second-order valence-corrected chi connectivity index (χ2v) is 4.33. The van der Waals surface area contributed by atoms with Crippen molar-refractivity contribution in [1.82, 2.24) is 9.55 Å². The minimum absolute atomic E-state index is 0.0349. The second kappa shape index (κ2) is 5.01. The van der Waals surface area contributed by atoms with Crippen LogP contribution in [-0.2, 0) is 0 Å². The molecule has 0 amide bonds. The number of imidazole rings is 1. The molecule has 0 bridgehead atoms. The fourth-order valence-electron chi connectivity index (χ4n) is 2.06. The molecule has 0 saturated carbocycles. The molecule has 98 valence electrons. The summed E-state index contributed by atoms with van der Waals surface area (Å²) in [6, 6.07) is 19.1. The van der Waals surface area contributed by atoms with Gasteiger partial charge in [-0.05, 0) is 12.1 Å². The second-order valence-electron chi connectivity index (χ2n) is 4.33. The van der Waals surface area contributed by atoms with Crippen LogP contribution in [-0.4, -0.2) is 20.6 Å². The Balaban J connectivity index is 2.20. The lowest BCUT2D eigenvalue weighted by molar-refractivity contribution is 0.0691. The monoisotopic (exact) mass is 264 g/mol. The Kier molecular flexibility index (Phi) is 3.05. The normalized spacial score (nSPS) is 10.4. The zero-order valence-corrected chi connectivity index (χ0v) is 10.6. The molecule has 0 fully saturated rings. The number of carbonyl (C=O) groups is 1. The van der Waals surface area contributed by atoms with Gasteiger partial charge in [0.2, 0.25) is 0 Å². The number of aromatic nitrogens is 2. The van der Waals surface area contributed by atoms with Gasteiger partial charge in [-0.25, -0.2) is 9.78 Å².